The molecular weight excluding hydrogens is 430 g/mol. The van der Waals surface area contributed by atoms with Crippen molar-refractivity contribution in [2.45, 2.75) is 54.9 Å². The topological polar surface area (TPSA) is 90.9 Å². The molecule has 1 saturated heterocycles. The van der Waals surface area contributed by atoms with Gasteiger partial charge in [0.15, 0.2) is 0 Å². The highest BCUT2D eigenvalue weighted by Gasteiger charge is 2.51. The molecule has 2 aromatic carbocycles. The van der Waals surface area contributed by atoms with E-state index in [1.807, 2.05) is 6.07 Å². The predicted molar refractivity (Wildman–Crippen MR) is 119 cm³/mol. The number of carbonyl (C=O) groups is 1. The Labute approximate surface area is 188 Å². The minimum atomic E-state index is -3.90. The first kappa shape index (κ1) is 21.3. The third-order valence-electron chi connectivity index (χ3n) is 6.88. The van der Waals surface area contributed by atoms with E-state index in [9.17, 15) is 13.2 Å². The SMILES string of the molecule is COc1ccccc1S(=O)(=O)Nc1cc(OC2CCOCC2)c2c(c1)C1(CCC1)C(=O)C2. The van der Waals surface area contributed by atoms with Crippen LogP contribution in [0.4, 0.5) is 5.69 Å². The lowest BCUT2D eigenvalue weighted by atomic mass is 9.64. The quantitative estimate of drug-likeness (QED) is 0.713. The zero-order valence-electron chi connectivity index (χ0n) is 18.1. The number of anilines is 1. The lowest BCUT2D eigenvalue weighted by molar-refractivity contribution is -0.125. The van der Waals surface area contributed by atoms with Gasteiger partial charge in [0, 0.05) is 30.9 Å². The Bertz CT molecular complexity index is 1150. The van der Waals surface area contributed by atoms with Gasteiger partial charge in [0.05, 0.1) is 31.4 Å². The third kappa shape index (κ3) is 3.55. The van der Waals surface area contributed by atoms with Gasteiger partial charge in [-0.1, -0.05) is 18.6 Å². The molecule has 0 aromatic heterocycles. The molecule has 32 heavy (non-hydrogen) atoms. The highest BCUT2D eigenvalue weighted by atomic mass is 32.2. The number of Topliss-reactive ketones (excluding diaryl/α,β-unsaturated/α-hetero) is 1. The molecule has 2 aliphatic carbocycles. The Morgan fingerprint density at radius 2 is 1.84 bits per heavy atom. The van der Waals surface area contributed by atoms with E-state index in [4.69, 9.17) is 14.2 Å². The van der Waals surface area contributed by atoms with Gasteiger partial charge in [-0.15, -0.1) is 0 Å². The summed E-state index contributed by atoms with van der Waals surface area (Å²) >= 11 is 0. The number of carbonyl (C=O) groups excluding carboxylic acids is 1. The summed E-state index contributed by atoms with van der Waals surface area (Å²) in [4.78, 5) is 13.0. The van der Waals surface area contributed by atoms with E-state index in [1.54, 1.807) is 24.3 Å². The Balaban J connectivity index is 1.54. The summed E-state index contributed by atoms with van der Waals surface area (Å²) in [6, 6.07) is 10.0. The summed E-state index contributed by atoms with van der Waals surface area (Å²) in [6.45, 7) is 1.27. The van der Waals surface area contributed by atoms with Crippen LogP contribution in [0.5, 0.6) is 11.5 Å². The number of hydrogen-bond donors (Lipinski definition) is 1. The van der Waals surface area contributed by atoms with Crippen LogP contribution in [0.15, 0.2) is 41.3 Å². The van der Waals surface area contributed by atoms with Gasteiger partial charge in [0.25, 0.3) is 10.0 Å². The maximum atomic E-state index is 13.2. The number of benzene rings is 2. The van der Waals surface area contributed by atoms with Crippen LogP contribution in [0, 0.1) is 0 Å². The van der Waals surface area contributed by atoms with Crippen LogP contribution in [-0.2, 0) is 31.4 Å². The number of para-hydroxylation sites is 1. The van der Waals surface area contributed by atoms with Crippen molar-refractivity contribution < 1.29 is 27.4 Å². The van der Waals surface area contributed by atoms with E-state index in [0.29, 0.717) is 31.1 Å². The fourth-order valence-electron chi connectivity index (χ4n) is 5.00. The van der Waals surface area contributed by atoms with Crippen molar-refractivity contribution in [2.75, 3.05) is 25.0 Å². The minimum absolute atomic E-state index is 0.0121. The van der Waals surface area contributed by atoms with E-state index in [2.05, 4.69) is 4.72 Å². The van der Waals surface area contributed by atoms with Crippen LogP contribution < -0.4 is 14.2 Å². The zero-order chi connectivity index (χ0) is 22.3. The first-order chi connectivity index (χ1) is 15.4. The second kappa shape index (κ2) is 8.08. The van der Waals surface area contributed by atoms with Crippen molar-refractivity contribution in [2.24, 2.45) is 0 Å². The maximum Gasteiger partial charge on any atom is 0.265 e. The number of nitrogens with one attached hydrogen (secondary N) is 1. The molecular formula is C24H27NO6S. The Morgan fingerprint density at radius 1 is 1.09 bits per heavy atom. The highest BCUT2D eigenvalue weighted by molar-refractivity contribution is 7.92. The largest absolute Gasteiger partial charge is 0.495 e. The molecule has 0 radical (unpaired) electrons. The summed E-state index contributed by atoms with van der Waals surface area (Å²) in [7, 11) is -2.46. The van der Waals surface area contributed by atoms with Crippen LogP contribution in [-0.4, -0.2) is 40.6 Å². The van der Waals surface area contributed by atoms with Gasteiger partial charge in [-0.2, -0.15) is 0 Å². The molecule has 1 N–H and O–H groups in total. The molecule has 1 saturated carbocycles. The van der Waals surface area contributed by atoms with E-state index < -0.39 is 15.4 Å². The molecule has 1 heterocycles. The van der Waals surface area contributed by atoms with Crippen LogP contribution in [0.25, 0.3) is 0 Å². The normalized spacial score (nSPS) is 20.0. The van der Waals surface area contributed by atoms with Crippen LogP contribution in [0.1, 0.15) is 43.2 Å². The van der Waals surface area contributed by atoms with Crippen molar-refractivity contribution in [3.05, 3.63) is 47.5 Å². The molecule has 1 spiro atoms. The van der Waals surface area contributed by atoms with Crippen molar-refractivity contribution in [1.82, 2.24) is 0 Å². The summed E-state index contributed by atoms with van der Waals surface area (Å²) in [5.74, 6) is 1.08. The highest BCUT2D eigenvalue weighted by Crippen LogP contribution is 2.53. The molecule has 2 fully saturated rings. The smallest absolute Gasteiger partial charge is 0.265 e. The average molecular weight is 458 g/mol. The molecule has 0 unspecified atom stereocenters. The number of ketones is 1. The van der Waals surface area contributed by atoms with Gasteiger partial charge >= 0.3 is 0 Å². The molecule has 0 bridgehead atoms. The Morgan fingerprint density at radius 3 is 2.53 bits per heavy atom. The number of methoxy groups -OCH3 is 1. The lowest BCUT2D eigenvalue weighted by Gasteiger charge is -2.38. The molecule has 7 nitrogen and oxygen atoms in total. The van der Waals surface area contributed by atoms with Crippen molar-refractivity contribution in [3.63, 3.8) is 0 Å². The van der Waals surface area contributed by atoms with Crippen molar-refractivity contribution in [1.29, 1.82) is 0 Å². The molecule has 8 heteroatoms. The van der Waals surface area contributed by atoms with E-state index in [0.717, 1.165) is 43.2 Å². The Kier molecular flexibility index (Phi) is 5.37. The van der Waals surface area contributed by atoms with Gasteiger partial charge in [-0.3, -0.25) is 9.52 Å². The van der Waals surface area contributed by atoms with Crippen LogP contribution in [0.2, 0.25) is 0 Å². The van der Waals surface area contributed by atoms with Crippen LogP contribution in [0.3, 0.4) is 0 Å². The maximum absolute atomic E-state index is 13.2. The van der Waals surface area contributed by atoms with E-state index >= 15 is 0 Å². The van der Waals surface area contributed by atoms with Crippen molar-refractivity contribution in [3.8, 4) is 11.5 Å². The van der Waals surface area contributed by atoms with E-state index in [-0.39, 0.29) is 22.5 Å². The number of rotatable bonds is 6. The monoisotopic (exact) mass is 457 g/mol. The lowest BCUT2D eigenvalue weighted by Crippen LogP contribution is -2.39. The zero-order valence-corrected chi connectivity index (χ0v) is 18.9. The first-order valence-corrected chi connectivity index (χ1v) is 12.5. The summed E-state index contributed by atoms with van der Waals surface area (Å²) < 4.78 is 46.0. The number of ether oxygens (including phenoxy) is 3. The standard InChI is InChI=1S/C24H27NO6S/c1-29-20-5-2-3-6-22(20)32(27,28)25-16-13-19-18(15-23(26)24(19)9-4-10-24)21(14-16)31-17-7-11-30-12-8-17/h2-3,5-6,13-14,17,25H,4,7-12,15H2,1H3. The molecule has 170 valence electrons. The summed E-state index contributed by atoms with van der Waals surface area (Å²) in [5, 5.41) is 0. The average Bonchev–Trinajstić information content (AvgIpc) is 3.06. The van der Waals surface area contributed by atoms with Crippen molar-refractivity contribution >= 4 is 21.5 Å². The minimum Gasteiger partial charge on any atom is -0.495 e. The summed E-state index contributed by atoms with van der Waals surface area (Å²) in [5.41, 5.74) is 1.73. The molecule has 3 aliphatic rings. The molecule has 2 aromatic rings. The van der Waals surface area contributed by atoms with E-state index in [1.165, 1.54) is 13.2 Å². The van der Waals surface area contributed by atoms with Crippen LogP contribution >= 0.6 is 0 Å². The fourth-order valence-corrected chi connectivity index (χ4v) is 6.21. The van der Waals surface area contributed by atoms with Gasteiger partial charge in [0.2, 0.25) is 0 Å². The predicted octanol–water partition coefficient (Wildman–Crippen LogP) is 3.60. The number of hydrogen-bond acceptors (Lipinski definition) is 6. The second-order valence-corrected chi connectivity index (χ2v) is 10.4. The van der Waals surface area contributed by atoms with Gasteiger partial charge in [-0.05, 0) is 36.6 Å². The molecule has 5 rings (SSSR count). The number of fused-ring (bicyclic) bond motifs is 2. The van der Waals surface area contributed by atoms with Gasteiger partial charge < -0.3 is 14.2 Å². The number of sulfonamides is 1. The molecule has 1 aliphatic heterocycles. The summed E-state index contributed by atoms with van der Waals surface area (Å²) in [6.07, 6.45) is 4.47. The molecule has 0 amide bonds. The first-order valence-electron chi connectivity index (χ1n) is 11.0. The molecule has 0 atom stereocenters. The van der Waals surface area contributed by atoms with Gasteiger partial charge in [-0.25, -0.2) is 8.42 Å². The third-order valence-corrected chi connectivity index (χ3v) is 8.30. The van der Waals surface area contributed by atoms with Gasteiger partial charge in [0.1, 0.15) is 28.3 Å². The fraction of sp³-hybridized carbons (Fsp3) is 0.458. The second-order valence-electron chi connectivity index (χ2n) is 8.72. The Hall–Kier alpha value is -2.58.